The topological polar surface area (TPSA) is 130 Å². The molecule has 0 unspecified atom stereocenters. The van der Waals surface area contributed by atoms with Crippen LogP contribution in [0.1, 0.15) is 10.4 Å². The first-order valence-electron chi connectivity index (χ1n) is 7.43. The quantitative estimate of drug-likeness (QED) is 0.484. The number of carbonyl (C=O) groups is 1. The number of primary sulfonamides is 1. The standard InChI is InChI=1S/C16H18N2O5S3/c17-26(22,23)13-7-5-11(6-8-13)18-16(21)14-3-1-2-4-15(14)25-24-12(9-19)10-20/h1-8,12,19-20H,9-10H2,(H,18,21)(H2,17,22,23). The molecule has 0 aliphatic heterocycles. The lowest BCUT2D eigenvalue weighted by Crippen LogP contribution is -2.15. The molecule has 2 aromatic carbocycles. The van der Waals surface area contributed by atoms with Crippen LogP contribution in [0.5, 0.6) is 0 Å². The Hall–Kier alpha value is -1.56. The number of rotatable bonds is 8. The summed E-state index contributed by atoms with van der Waals surface area (Å²) in [7, 11) is -1.22. The molecule has 0 aliphatic carbocycles. The number of amides is 1. The average Bonchev–Trinajstić information content (AvgIpc) is 2.62. The first kappa shape index (κ1) is 20.7. The fourth-order valence-electron chi connectivity index (χ4n) is 1.89. The summed E-state index contributed by atoms with van der Waals surface area (Å²) < 4.78 is 22.5. The van der Waals surface area contributed by atoms with Gasteiger partial charge < -0.3 is 15.5 Å². The van der Waals surface area contributed by atoms with Crippen LogP contribution < -0.4 is 10.5 Å². The van der Waals surface area contributed by atoms with Crippen molar-refractivity contribution in [3.63, 3.8) is 0 Å². The van der Waals surface area contributed by atoms with Crippen LogP contribution in [0.2, 0.25) is 0 Å². The van der Waals surface area contributed by atoms with Crippen molar-refractivity contribution in [2.24, 2.45) is 5.14 Å². The normalized spacial score (nSPS) is 11.5. The van der Waals surface area contributed by atoms with Gasteiger partial charge in [0.15, 0.2) is 0 Å². The molecular weight excluding hydrogens is 396 g/mol. The molecule has 5 N–H and O–H groups in total. The van der Waals surface area contributed by atoms with E-state index in [-0.39, 0.29) is 29.3 Å². The van der Waals surface area contributed by atoms with E-state index in [1.165, 1.54) is 45.9 Å². The minimum Gasteiger partial charge on any atom is -0.395 e. The highest BCUT2D eigenvalue weighted by Gasteiger charge is 2.15. The van der Waals surface area contributed by atoms with Crippen molar-refractivity contribution in [3.05, 3.63) is 54.1 Å². The molecule has 0 saturated heterocycles. The SMILES string of the molecule is NS(=O)(=O)c1ccc(NC(=O)c2ccccc2SSC(CO)CO)cc1. The van der Waals surface area contributed by atoms with Crippen molar-refractivity contribution in [2.75, 3.05) is 18.5 Å². The zero-order chi connectivity index (χ0) is 19.2. The summed E-state index contributed by atoms with van der Waals surface area (Å²) in [4.78, 5) is 13.2. The number of hydrogen-bond donors (Lipinski definition) is 4. The van der Waals surface area contributed by atoms with E-state index in [1.54, 1.807) is 24.3 Å². The lowest BCUT2D eigenvalue weighted by atomic mass is 10.2. The van der Waals surface area contributed by atoms with Crippen molar-refractivity contribution in [2.45, 2.75) is 15.0 Å². The van der Waals surface area contributed by atoms with Crippen LogP contribution in [0, 0.1) is 0 Å². The van der Waals surface area contributed by atoms with Gasteiger partial charge in [-0.25, -0.2) is 13.6 Å². The first-order valence-corrected chi connectivity index (χ1v) is 11.2. The molecule has 1 amide bonds. The number of carbonyl (C=O) groups excluding carboxylic acids is 1. The number of nitrogens with one attached hydrogen (secondary N) is 1. The number of nitrogens with two attached hydrogens (primary N) is 1. The van der Waals surface area contributed by atoms with Gasteiger partial charge in [-0.2, -0.15) is 0 Å². The van der Waals surface area contributed by atoms with E-state index >= 15 is 0 Å². The maximum absolute atomic E-state index is 12.5. The van der Waals surface area contributed by atoms with Crippen LogP contribution in [-0.2, 0) is 10.0 Å². The Morgan fingerprint density at radius 1 is 1.08 bits per heavy atom. The summed E-state index contributed by atoms with van der Waals surface area (Å²) in [6.07, 6.45) is 0. The molecule has 2 aromatic rings. The smallest absolute Gasteiger partial charge is 0.256 e. The van der Waals surface area contributed by atoms with E-state index in [9.17, 15) is 13.2 Å². The predicted octanol–water partition coefficient (Wildman–Crippen LogP) is 1.68. The Balaban J connectivity index is 2.12. The number of benzene rings is 2. The average molecular weight is 415 g/mol. The Labute approximate surface area is 159 Å². The highest BCUT2D eigenvalue weighted by Crippen LogP contribution is 2.36. The third-order valence-corrected chi connectivity index (χ3v) is 7.03. The molecule has 0 saturated carbocycles. The van der Waals surface area contributed by atoms with Gasteiger partial charge in [-0.15, -0.1) is 0 Å². The molecule has 140 valence electrons. The van der Waals surface area contributed by atoms with Gasteiger partial charge in [-0.3, -0.25) is 4.79 Å². The van der Waals surface area contributed by atoms with Crippen LogP contribution in [0.25, 0.3) is 0 Å². The van der Waals surface area contributed by atoms with Gasteiger partial charge in [-0.05, 0) is 36.4 Å². The van der Waals surface area contributed by atoms with Crippen molar-refractivity contribution >= 4 is 43.2 Å². The molecule has 26 heavy (non-hydrogen) atoms. The number of aliphatic hydroxyl groups is 2. The number of aliphatic hydroxyl groups excluding tert-OH is 2. The summed E-state index contributed by atoms with van der Waals surface area (Å²) in [5.41, 5.74) is 0.855. The van der Waals surface area contributed by atoms with Crippen molar-refractivity contribution in [1.29, 1.82) is 0 Å². The van der Waals surface area contributed by atoms with Crippen molar-refractivity contribution < 1.29 is 23.4 Å². The zero-order valence-corrected chi connectivity index (χ0v) is 16.0. The van der Waals surface area contributed by atoms with E-state index in [4.69, 9.17) is 15.4 Å². The molecule has 0 fully saturated rings. The third kappa shape index (κ3) is 5.73. The molecule has 0 bridgehead atoms. The number of anilines is 1. The molecule has 0 aromatic heterocycles. The highest BCUT2D eigenvalue weighted by atomic mass is 33.1. The number of hydrogen-bond acceptors (Lipinski definition) is 7. The minimum absolute atomic E-state index is 0.0399. The fraction of sp³-hybridized carbons (Fsp3) is 0.188. The van der Waals surface area contributed by atoms with E-state index in [2.05, 4.69) is 5.32 Å². The number of sulfonamides is 1. The molecule has 10 heteroatoms. The summed E-state index contributed by atoms with van der Waals surface area (Å²) >= 11 is 0. The Morgan fingerprint density at radius 2 is 1.69 bits per heavy atom. The molecule has 7 nitrogen and oxygen atoms in total. The largest absolute Gasteiger partial charge is 0.395 e. The lowest BCUT2D eigenvalue weighted by Gasteiger charge is -2.12. The summed E-state index contributed by atoms with van der Waals surface area (Å²) in [6, 6.07) is 12.5. The fourth-order valence-corrected chi connectivity index (χ4v) is 4.67. The maximum Gasteiger partial charge on any atom is 0.256 e. The van der Waals surface area contributed by atoms with Gasteiger partial charge in [0.1, 0.15) is 0 Å². The molecule has 2 rings (SSSR count). The second-order valence-electron chi connectivity index (χ2n) is 5.19. The van der Waals surface area contributed by atoms with Gasteiger partial charge in [0.05, 0.1) is 28.9 Å². The zero-order valence-electron chi connectivity index (χ0n) is 13.5. The maximum atomic E-state index is 12.5. The van der Waals surface area contributed by atoms with Crippen LogP contribution in [0.15, 0.2) is 58.3 Å². The van der Waals surface area contributed by atoms with Gasteiger partial charge >= 0.3 is 0 Å². The molecule has 0 radical (unpaired) electrons. The summed E-state index contributed by atoms with van der Waals surface area (Å²) in [5, 5.41) is 25.7. The minimum atomic E-state index is -3.79. The van der Waals surface area contributed by atoms with E-state index in [0.717, 1.165) is 0 Å². The Bertz CT molecular complexity index is 852. The molecule has 0 atom stereocenters. The second kappa shape index (κ2) is 9.40. The monoisotopic (exact) mass is 414 g/mol. The highest BCUT2D eigenvalue weighted by molar-refractivity contribution is 8.77. The lowest BCUT2D eigenvalue weighted by molar-refractivity contribution is 0.102. The van der Waals surface area contributed by atoms with Crippen molar-refractivity contribution in [3.8, 4) is 0 Å². The van der Waals surface area contributed by atoms with Gasteiger partial charge in [-0.1, -0.05) is 33.7 Å². The van der Waals surface area contributed by atoms with E-state index in [1.807, 2.05) is 0 Å². The van der Waals surface area contributed by atoms with Gasteiger partial charge in [0, 0.05) is 10.6 Å². The van der Waals surface area contributed by atoms with Crippen LogP contribution >= 0.6 is 21.6 Å². The van der Waals surface area contributed by atoms with Gasteiger partial charge in [0.25, 0.3) is 5.91 Å². The van der Waals surface area contributed by atoms with Crippen LogP contribution in [-0.4, -0.2) is 43.0 Å². The van der Waals surface area contributed by atoms with Crippen LogP contribution in [0.4, 0.5) is 5.69 Å². The molecule has 0 spiro atoms. The van der Waals surface area contributed by atoms with E-state index < -0.39 is 10.0 Å². The summed E-state index contributed by atoms with van der Waals surface area (Å²) in [6.45, 7) is -0.335. The van der Waals surface area contributed by atoms with Gasteiger partial charge in [0.2, 0.25) is 10.0 Å². The molecule has 0 aliphatic rings. The predicted molar refractivity (Wildman–Crippen MR) is 104 cm³/mol. The second-order valence-corrected chi connectivity index (χ2v) is 9.29. The Kier molecular flexibility index (Phi) is 7.50. The Morgan fingerprint density at radius 3 is 2.27 bits per heavy atom. The van der Waals surface area contributed by atoms with Crippen LogP contribution in [0.3, 0.4) is 0 Å². The van der Waals surface area contributed by atoms with Crippen molar-refractivity contribution in [1.82, 2.24) is 0 Å². The molecule has 0 heterocycles. The molecular formula is C16H18N2O5S3. The third-order valence-electron chi connectivity index (χ3n) is 3.25. The van der Waals surface area contributed by atoms with E-state index in [0.29, 0.717) is 16.1 Å². The summed E-state index contributed by atoms with van der Waals surface area (Å²) in [5.74, 6) is -0.360. The first-order chi connectivity index (χ1) is 12.3.